The first kappa shape index (κ1) is 14.2. The van der Waals surface area contributed by atoms with Gasteiger partial charge in [0.2, 0.25) is 12.3 Å². The minimum absolute atomic E-state index is 0.0827. The van der Waals surface area contributed by atoms with Crippen molar-refractivity contribution in [2.75, 3.05) is 18.4 Å². The van der Waals surface area contributed by atoms with E-state index in [1.54, 1.807) is 6.92 Å². The third kappa shape index (κ3) is 4.55. The molecule has 0 aromatic heterocycles. The molecule has 0 fully saturated rings. The van der Waals surface area contributed by atoms with Gasteiger partial charge in [-0.15, -0.1) is 0 Å². The van der Waals surface area contributed by atoms with E-state index in [2.05, 4.69) is 10.6 Å². The molecule has 18 heavy (non-hydrogen) atoms. The van der Waals surface area contributed by atoms with Gasteiger partial charge in [0.25, 0.3) is 0 Å². The highest BCUT2D eigenvalue weighted by Crippen LogP contribution is 2.12. The molecular formula is C13H19N3O2. The molecule has 1 aromatic rings. The maximum Gasteiger partial charge on any atom is 0.228 e. The molecule has 0 aliphatic rings. The molecule has 0 saturated carbocycles. The van der Waals surface area contributed by atoms with E-state index < -0.39 is 0 Å². The van der Waals surface area contributed by atoms with Crippen LogP contribution in [-0.2, 0) is 16.0 Å². The number of hydrogen-bond donors (Lipinski definition) is 3. The van der Waals surface area contributed by atoms with Crippen molar-refractivity contribution >= 4 is 18.0 Å². The molecular weight excluding hydrogens is 230 g/mol. The third-order valence-electron chi connectivity index (χ3n) is 2.64. The lowest BCUT2D eigenvalue weighted by Gasteiger charge is -2.11. The second-order valence-corrected chi connectivity index (χ2v) is 4.15. The molecule has 0 saturated heterocycles. The summed E-state index contributed by atoms with van der Waals surface area (Å²) in [5.41, 5.74) is 7.25. The van der Waals surface area contributed by atoms with E-state index in [1.807, 2.05) is 24.3 Å². The molecule has 5 heteroatoms. The van der Waals surface area contributed by atoms with Crippen LogP contribution >= 0.6 is 0 Å². The molecule has 1 unspecified atom stereocenters. The Bertz CT molecular complexity index is 407. The minimum Gasteiger partial charge on any atom is -0.358 e. The Hall–Kier alpha value is -1.88. The molecule has 0 aliphatic heterocycles. The Morgan fingerprint density at radius 1 is 1.50 bits per heavy atom. The quantitative estimate of drug-likeness (QED) is 0.486. The molecule has 5 nitrogen and oxygen atoms in total. The number of hydrogen-bond acceptors (Lipinski definition) is 3. The predicted molar refractivity (Wildman–Crippen MR) is 71.1 cm³/mol. The van der Waals surface area contributed by atoms with Crippen LogP contribution in [-0.4, -0.2) is 25.4 Å². The SMILES string of the molecule is CC(CN)C(=O)Nc1cccc(CCNC=O)c1. The van der Waals surface area contributed by atoms with Crippen LogP contribution in [0.3, 0.4) is 0 Å². The fraction of sp³-hybridized carbons (Fsp3) is 0.385. The van der Waals surface area contributed by atoms with Gasteiger partial charge in [-0.25, -0.2) is 0 Å². The highest BCUT2D eigenvalue weighted by Gasteiger charge is 2.10. The number of carbonyl (C=O) groups is 2. The van der Waals surface area contributed by atoms with Crippen LogP contribution in [0, 0.1) is 5.92 Å². The Kier molecular flexibility index (Phi) is 5.87. The van der Waals surface area contributed by atoms with Gasteiger partial charge in [0.1, 0.15) is 0 Å². The average Bonchev–Trinajstić information content (AvgIpc) is 2.38. The summed E-state index contributed by atoms with van der Waals surface area (Å²) in [6.07, 6.45) is 1.41. The first-order chi connectivity index (χ1) is 8.67. The Morgan fingerprint density at radius 2 is 2.28 bits per heavy atom. The highest BCUT2D eigenvalue weighted by molar-refractivity contribution is 5.92. The molecule has 4 N–H and O–H groups in total. The van der Waals surface area contributed by atoms with E-state index in [0.717, 1.165) is 17.7 Å². The number of nitrogens with one attached hydrogen (secondary N) is 2. The molecule has 98 valence electrons. The second kappa shape index (κ2) is 7.45. The average molecular weight is 249 g/mol. The van der Waals surface area contributed by atoms with Crippen molar-refractivity contribution in [1.82, 2.24) is 5.32 Å². The third-order valence-corrected chi connectivity index (χ3v) is 2.64. The van der Waals surface area contributed by atoms with Gasteiger partial charge in [0.15, 0.2) is 0 Å². The maximum absolute atomic E-state index is 11.7. The van der Waals surface area contributed by atoms with E-state index in [4.69, 9.17) is 5.73 Å². The van der Waals surface area contributed by atoms with Crippen LogP contribution in [0.4, 0.5) is 5.69 Å². The van der Waals surface area contributed by atoms with Crippen LogP contribution in [0.25, 0.3) is 0 Å². The van der Waals surface area contributed by atoms with Gasteiger partial charge in [0, 0.05) is 24.7 Å². The van der Waals surface area contributed by atoms with Gasteiger partial charge in [-0.1, -0.05) is 19.1 Å². The summed E-state index contributed by atoms with van der Waals surface area (Å²) in [5.74, 6) is -0.286. The van der Waals surface area contributed by atoms with Gasteiger partial charge in [0.05, 0.1) is 0 Å². The Balaban J connectivity index is 2.58. The predicted octanol–water partition coefficient (Wildman–Crippen LogP) is 0.508. The van der Waals surface area contributed by atoms with Crippen LogP contribution in [0.5, 0.6) is 0 Å². The Labute approximate surface area is 107 Å². The normalized spacial score (nSPS) is 11.7. The molecule has 1 rings (SSSR count). The minimum atomic E-state index is -0.203. The van der Waals surface area contributed by atoms with Crippen molar-refractivity contribution in [3.8, 4) is 0 Å². The summed E-state index contributed by atoms with van der Waals surface area (Å²) in [4.78, 5) is 21.8. The van der Waals surface area contributed by atoms with Gasteiger partial charge in [-0.3, -0.25) is 9.59 Å². The monoisotopic (exact) mass is 249 g/mol. The summed E-state index contributed by atoms with van der Waals surface area (Å²) in [6.45, 7) is 2.70. The first-order valence-electron chi connectivity index (χ1n) is 5.94. The standard InChI is InChI=1S/C13H19N3O2/c1-10(8-14)13(18)16-12-4-2-3-11(7-12)5-6-15-9-17/h2-4,7,9-10H,5-6,8,14H2,1H3,(H,15,17)(H,16,18). The fourth-order valence-corrected chi connectivity index (χ4v) is 1.45. The van der Waals surface area contributed by atoms with Crippen molar-refractivity contribution < 1.29 is 9.59 Å². The van der Waals surface area contributed by atoms with Crippen molar-refractivity contribution in [2.45, 2.75) is 13.3 Å². The van der Waals surface area contributed by atoms with Gasteiger partial charge < -0.3 is 16.4 Å². The molecule has 0 bridgehead atoms. The molecule has 1 aromatic carbocycles. The number of anilines is 1. The zero-order valence-corrected chi connectivity index (χ0v) is 10.5. The van der Waals surface area contributed by atoms with Gasteiger partial charge in [-0.2, -0.15) is 0 Å². The van der Waals surface area contributed by atoms with E-state index in [0.29, 0.717) is 19.5 Å². The van der Waals surface area contributed by atoms with Crippen LogP contribution in [0.15, 0.2) is 24.3 Å². The smallest absolute Gasteiger partial charge is 0.228 e. The summed E-state index contributed by atoms with van der Waals surface area (Å²) in [6, 6.07) is 7.55. The summed E-state index contributed by atoms with van der Waals surface area (Å²) >= 11 is 0. The molecule has 0 radical (unpaired) electrons. The van der Waals surface area contributed by atoms with E-state index in [1.165, 1.54) is 0 Å². The van der Waals surface area contributed by atoms with E-state index in [-0.39, 0.29) is 11.8 Å². The summed E-state index contributed by atoms with van der Waals surface area (Å²) in [5, 5.41) is 5.41. The van der Waals surface area contributed by atoms with E-state index in [9.17, 15) is 9.59 Å². The molecule has 0 spiro atoms. The lowest BCUT2D eigenvalue weighted by Crippen LogP contribution is -2.26. The van der Waals surface area contributed by atoms with Gasteiger partial charge in [-0.05, 0) is 24.1 Å². The van der Waals surface area contributed by atoms with Crippen molar-refractivity contribution in [3.05, 3.63) is 29.8 Å². The topological polar surface area (TPSA) is 84.2 Å². The number of rotatable bonds is 7. The highest BCUT2D eigenvalue weighted by atomic mass is 16.2. The zero-order valence-electron chi connectivity index (χ0n) is 10.5. The molecule has 1 atom stereocenters. The van der Waals surface area contributed by atoms with Crippen molar-refractivity contribution in [3.63, 3.8) is 0 Å². The van der Waals surface area contributed by atoms with Crippen LogP contribution in [0.1, 0.15) is 12.5 Å². The molecule has 0 heterocycles. The summed E-state index contributed by atoms with van der Waals surface area (Å²) in [7, 11) is 0. The fourth-order valence-electron chi connectivity index (χ4n) is 1.45. The second-order valence-electron chi connectivity index (χ2n) is 4.15. The lowest BCUT2D eigenvalue weighted by molar-refractivity contribution is -0.119. The van der Waals surface area contributed by atoms with Gasteiger partial charge >= 0.3 is 0 Å². The number of amides is 2. The van der Waals surface area contributed by atoms with Crippen LogP contribution in [0.2, 0.25) is 0 Å². The molecule has 0 aliphatic carbocycles. The lowest BCUT2D eigenvalue weighted by atomic mass is 10.1. The zero-order chi connectivity index (χ0) is 13.4. The number of carbonyl (C=O) groups excluding carboxylic acids is 2. The summed E-state index contributed by atoms with van der Waals surface area (Å²) < 4.78 is 0. The largest absolute Gasteiger partial charge is 0.358 e. The molecule has 2 amide bonds. The first-order valence-corrected chi connectivity index (χ1v) is 5.94. The van der Waals surface area contributed by atoms with Crippen LogP contribution < -0.4 is 16.4 Å². The van der Waals surface area contributed by atoms with Crippen molar-refractivity contribution in [1.29, 1.82) is 0 Å². The maximum atomic E-state index is 11.7. The Morgan fingerprint density at radius 3 is 2.94 bits per heavy atom. The number of nitrogens with two attached hydrogens (primary N) is 1. The number of benzene rings is 1. The van der Waals surface area contributed by atoms with E-state index >= 15 is 0 Å². The van der Waals surface area contributed by atoms with Crippen molar-refractivity contribution in [2.24, 2.45) is 11.7 Å².